The average molecular weight is 359 g/mol. The first-order valence-electron chi connectivity index (χ1n) is 6.01. The molecule has 21 heavy (non-hydrogen) atoms. The van der Waals surface area contributed by atoms with Crippen molar-refractivity contribution in [2.24, 2.45) is 7.05 Å². The van der Waals surface area contributed by atoms with Gasteiger partial charge in [-0.3, -0.25) is 4.68 Å². The number of aromatic nitrogens is 2. The van der Waals surface area contributed by atoms with Crippen molar-refractivity contribution in [2.45, 2.75) is 0 Å². The first-order chi connectivity index (χ1) is 9.99. The standard InChI is InChI=1S/C14H10Cl3N3S/c1-20-14(18)11(7-4-2-3-5-9(7)15)12(19-20)8-6-10(16)21-13(8)17/h2-6H,18H2,1H3. The maximum absolute atomic E-state index is 6.30. The van der Waals surface area contributed by atoms with Gasteiger partial charge in [0.2, 0.25) is 0 Å². The number of nitrogens with two attached hydrogens (primary N) is 1. The van der Waals surface area contributed by atoms with Gasteiger partial charge in [-0.25, -0.2) is 0 Å². The van der Waals surface area contributed by atoms with Crippen LogP contribution in [-0.4, -0.2) is 9.78 Å². The number of nitrogen functional groups attached to an aromatic ring is 1. The van der Waals surface area contributed by atoms with Crippen LogP contribution in [0.15, 0.2) is 30.3 Å². The molecule has 7 heteroatoms. The lowest BCUT2D eigenvalue weighted by Gasteiger charge is -2.06. The quantitative estimate of drug-likeness (QED) is 0.670. The molecule has 0 saturated carbocycles. The lowest BCUT2D eigenvalue weighted by molar-refractivity contribution is 0.782. The molecule has 0 atom stereocenters. The minimum absolute atomic E-state index is 0.525. The SMILES string of the molecule is Cn1nc(-c2cc(Cl)sc2Cl)c(-c2ccccc2Cl)c1N. The highest BCUT2D eigenvalue weighted by molar-refractivity contribution is 7.20. The van der Waals surface area contributed by atoms with E-state index in [2.05, 4.69) is 5.10 Å². The van der Waals surface area contributed by atoms with Crippen LogP contribution in [0.2, 0.25) is 13.7 Å². The molecule has 2 aromatic heterocycles. The first kappa shape index (κ1) is 14.7. The molecule has 0 saturated heterocycles. The summed E-state index contributed by atoms with van der Waals surface area (Å²) >= 11 is 19.9. The summed E-state index contributed by atoms with van der Waals surface area (Å²) in [5, 5.41) is 5.08. The number of aryl methyl sites for hydroxylation is 1. The maximum Gasteiger partial charge on any atom is 0.129 e. The van der Waals surface area contributed by atoms with Crippen molar-refractivity contribution in [3.63, 3.8) is 0 Å². The van der Waals surface area contributed by atoms with E-state index in [1.54, 1.807) is 17.8 Å². The van der Waals surface area contributed by atoms with E-state index in [1.807, 2.05) is 24.3 Å². The fourth-order valence-electron chi connectivity index (χ4n) is 2.16. The third kappa shape index (κ3) is 2.53. The van der Waals surface area contributed by atoms with Gasteiger partial charge in [-0.2, -0.15) is 5.10 Å². The molecule has 0 spiro atoms. The molecule has 0 amide bonds. The predicted molar refractivity (Wildman–Crippen MR) is 91.4 cm³/mol. The number of halogens is 3. The van der Waals surface area contributed by atoms with E-state index < -0.39 is 0 Å². The number of nitrogens with zero attached hydrogens (tertiary/aromatic N) is 2. The highest BCUT2D eigenvalue weighted by Gasteiger charge is 2.22. The van der Waals surface area contributed by atoms with E-state index in [0.717, 1.165) is 16.7 Å². The Hall–Kier alpha value is -1.20. The fraction of sp³-hybridized carbons (Fsp3) is 0.0714. The highest BCUT2D eigenvalue weighted by atomic mass is 35.5. The molecule has 0 aliphatic heterocycles. The molecule has 0 aliphatic rings. The third-order valence-electron chi connectivity index (χ3n) is 3.15. The number of thiophene rings is 1. The van der Waals surface area contributed by atoms with Gasteiger partial charge in [0.05, 0.1) is 9.90 Å². The summed E-state index contributed by atoms with van der Waals surface area (Å²) < 4.78 is 2.78. The van der Waals surface area contributed by atoms with Crippen LogP contribution in [0.3, 0.4) is 0 Å². The van der Waals surface area contributed by atoms with Crippen molar-refractivity contribution < 1.29 is 0 Å². The fourth-order valence-corrected chi connectivity index (χ4v) is 3.85. The van der Waals surface area contributed by atoms with Crippen molar-refractivity contribution in [2.75, 3.05) is 5.73 Å². The normalized spacial score (nSPS) is 11.0. The van der Waals surface area contributed by atoms with E-state index in [1.165, 1.54) is 11.3 Å². The van der Waals surface area contributed by atoms with Crippen LogP contribution < -0.4 is 5.73 Å². The summed E-state index contributed by atoms with van der Waals surface area (Å²) in [4.78, 5) is 0. The van der Waals surface area contributed by atoms with E-state index in [0.29, 0.717) is 25.2 Å². The topological polar surface area (TPSA) is 43.8 Å². The van der Waals surface area contributed by atoms with Crippen molar-refractivity contribution in [1.82, 2.24) is 9.78 Å². The summed E-state index contributed by atoms with van der Waals surface area (Å²) in [6.45, 7) is 0. The van der Waals surface area contributed by atoms with Crippen molar-refractivity contribution in [3.8, 4) is 22.4 Å². The summed E-state index contributed by atoms with van der Waals surface area (Å²) in [6.07, 6.45) is 0. The molecule has 108 valence electrons. The van der Waals surface area contributed by atoms with E-state index in [4.69, 9.17) is 40.5 Å². The zero-order chi connectivity index (χ0) is 15.1. The van der Waals surface area contributed by atoms with Gasteiger partial charge in [-0.1, -0.05) is 53.0 Å². The Morgan fingerprint density at radius 3 is 2.48 bits per heavy atom. The molecule has 0 unspecified atom stereocenters. The molecule has 0 radical (unpaired) electrons. The van der Waals surface area contributed by atoms with Gasteiger partial charge < -0.3 is 5.73 Å². The van der Waals surface area contributed by atoms with Gasteiger partial charge in [-0.05, 0) is 12.1 Å². The summed E-state index contributed by atoms with van der Waals surface area (Å²) in [6, 6.07) is 9.28. The Balaban J connectivity index is 2.31. The molecule has 3 aromatic rings. The van der Waals surface area contributed by atoms with Crippen LogP contribution >= 0.6 is 46.1 Å². The second-order valence-electron chi connectivity index (χ2n) is 4.45. The number of benzene rings is 1. The van der Waals surface area contributed by atoms with Gasteiger partial charge in [0.1, 0.15) is 15.8 Å². The van der Waals surface area contributed by atoms with E-state index in [-0.39, 0.29) is 0 Å². The predicted octanol–water partition coefficient (Wildman–Crippen LogP) is 5.36. The molecule has 1 aromatic carbocycles. The molecule has 2 N–H and O–H groups in total. The third-order valence-corrected chi connectivity index (χ3v) is 4.96. The van der Waals surface area contributed by atoms with Crippen molar-refractivity contribution in [3.05, 3.63) is 44.0 Å². The van der Waals surface area contributed by atoms with Crippen molar-refractivity contribution in [1.29, 1.82) is 0 Å². The molecule has 0 fully saturated rings. The highest BCUT2D eigenvalue weighted by Crippen LogP contribution is 2.44. The first-order valence-corrected chi connectivity index (χ1v) is 7.96. The molecular formula is C14H10Cl3N3S. The largest absolute Gasteiger partial charge is 0.383 e. The van der Waals surface area contributed by atoms with Gasteiger partial charge >= 0.3 is 0 Å². The Kier molecular flexibility index (Phi) is 3.88. The Morgan fingerprint density at radius 1 is 1.14 bits per heavy atom. The molecule has 3 nitrogen and oxygen atoms in total. The molecule has 0 aliphatic carbocycles. The minimum Gasteiger partial charge on any atom is -0.383 e. The Bertz CT molecular complexity index is 823. The average Bonchev–Trinajstić information content (AvgIpc) is 2.91. The summed E-state index contributed by atoms with van der Waals surface area (Å²) in [5.41, 5.74) is 9.18. The minimum atomic E-state index is 0.525. The van der Waals surface area contributed by atoms with E-state index in [9.17, 15) is 0 Å². The monoisotopic (exact) mass is 357 g/mol. The van der Waals surface area contributed by atoms with Gasteiger partial charge in [0, 0.05) is 23.2 Å². The Labute approximate surface area is 140 Å². The molecule has 3 rings (SSSR count). The van der Waals surface area contributed by atoms with E-state index >= 15 is 0 Å². The summed E-state index contributed by atoms with van der Waals surface area (Å²) in [7, 11) is 1.78. The zero-order valence-electron chi connectivity index (χ0n) is 10.9. The van der Waals surface area contributed by atoms with Crippen LogP contribution in [0, 0.1) is 0 Å². The van der Waals surface area contributed by atoms with Crippen molar-refractivity contribution >= 4 is 52.0 Å². The van der Waals surface area contributed by atoms with Crippen LogP contribution in [0.4, 0.5) is 5.82 Å². The van der Waals surface area contributed by atoms with Crippen LogP contribution in [0.1, 0.15) is 0 Å². The smallest absolute Gasteiger partial charge is 0.129 e. The lowest BCUT2D eigenvalue weighted by atomic mass is 10.0. The van der Waals surface area contributed by atoms with Gasteiger partial charge in [0.15, 0.2) is 0 Å². The lowest BCUT2D eigenvalue weighted by Crippen LogP contribution is -1.98. The Morgan fingerprint density at radius 2 is 1.86 bits per heavy atom. The van der Waals surface area contributed by atoms with Gasteiger partial charge in [-0.15, -0.1) is 11.3 Å². The number of hydrogen-bond acceptors (Lipinski definition) is 3. The van der Waals surface area contributed by atoms with Crippen LogP contribution in [0.25, 0.3) is 22.4 Å². The summed E-state index contributed by atoms with van der Waals surface area (Å²) in [5.74, 6) is 0.525. The second kappa shape index (κ2) is 5.54. The number of anilines is 1. The second-order valence-corrected chi connectivity index (χ2v) is 7.14. The maximum atomic E-state index is 6.30. The zero-order valence-corrected chi connectivity index (χ0v) is 14.0. The van der Waals surface area contributed by atoms with Crippen LogP contribution in [0.5, 0.6) is 0 Å². The van der Waals surface area contributed by atoms with Gasteiger partial charge in [0.25, 0.3) is 0 Å². The van der Waals surface area contributed by atoms with Crippen LogP contribution in [-0.2, 0) is 7.05 Å². The molecule has 2 heterocycles. The molecular weight excluding hydrogens is 349 g/mol. The number of rotatable bonds is 2. The molecule has 0 bridgehead atoms. The number of hydrogen-bond donors (Lipinski definition) is 1.